The SMILES string of the molecule is Cc1c(S(=O)(=O)Cc2cccc(-c3nsc(Nc4ccc5[nH]ncc5c4Cl)n3)c2)cnn1C(F)F. The maximum Gasteiger partial charge on any atom is 0.333 e. The number of rotatable bonds is 7. The molecule has 0 bridgehead atoms. The van der Waals surface area contributed by atoms with Crippen molar-refractivity contribution in [3.8, 4) is 11.4 Å². The molecule has 5 aromatic rings. The molecular weight excluding hydrogens is 520 g/mol. The van der Waals surface area contributed by atoms with Crippen LogP contribution in [0.3, 0.4) is 0 Å². The van der Waals surface area contributed by atoms with Gasteiger partial charge in [0.15, 0.2) is 15.7 Å². The van der Waals surface area contributed by atoms with E-state index >= 15 is 0 Å². The molecule has 0 amide bonds. The number of hydrogen-bond acceptors (Lipinski definition) is 8. The van der Waals surface area contributed by atoms with Crippen molar-refractivity contribution in [3.63, 3.8) is 0 Å². The van der Waals surface area contributed by atoms with Crippen LogP contribution in [0.2, 0.25) is 5.02 Å². The first-order chi connectivity index (χ1) is 16.7. The van der Waals surface area contributed by atoms with Gasteiger partial charge in [-0.1, -0.05) is 29.8 Å². The van der Waals surface area contributed by atoms with E-state index in [1.165, 1.54) is 6.92 Å². The number of hydrogen-bond donors (Lipinski definition) is 2. The van der Waals surface area contributed by atoms with E-state index in [0.29, 0.717) is 37.5 Å². The number of nitrogens with one attached hydrogen (secondary N) is 2. The molecular formula is C21H16ClF2N7O2S2. The lowest BCUT2D eigenvalue weighted by molar-refractivity contribution is 0.0541. The van der Waals surface area contributed by atoms with Crippen LogP contribution in [0.1, 0.15) is 17.8 Å². The first-order valence-corrected chi connectivity index (χ1v) is 12.9. The molecule has 14 heteroatoms. The average Bonchev–Trinajstić information content (AvgIpc) is 3.55. The number of nitrogens with zero attached hydrogens (tertiary/aromatic N) is 5. The summed E-state index contributed by atoms with van der Waals surface area (Å²) in [4.78, 5) is 4.26. The lowest BCUT2D eigenvalue weighted by Gasteiger charge is -2.07. The molecule has 9 nitrogen and oxygen atoms in total. The fourth-order valence-electron chi connectivity index (χ4n) is 3.59. The highest BCUT2D eigenvalue weighted by Gasteiger charge is 2.24. The molecule has 0 aliphatic carbocycles. The summed E-state index contributed by atoms with van der Waals surface area (Å²) < 4.78 is 56.4. The van der Waals surface area contributed by atoms with Gasteiger partial charge in [-0.15, -0.1) is 0 Å². The van der Waals surface area contributed by atoms with E-state index in [-0.39, 0.29) is 16.3 Å². The number of aromatic nitrogens is 6. The number of fused-ring (bicyclic) bond motifs is 1. The van der Waals surface area contributed by atoms with Gasteiger partial charge >= 0.3 is 6.55 Å². The zero-order valence-electron chi connectivity index (χ0n) is 17.9. The molecule has 0 saturated carbocycles. The normalized spacial score (nSPS) is 12.0. The van der Waals surface area contributed by atoms with Gasteiger partial charge in [-0.2, -0.15) is 28.3 Å². The number of benzene rings is 2. The van der Waals surface area contributed by atoms with Crippen LogP contribution in [0.4, 0.5) is 19.6 Å². The van der Waals surface area contributed by atoms with Crippen LogP contribution >= 0.6 is 23.1 Å². The summed E-state index contributed by atoms with van der Waals surface area (Å²) in [5.41, 5.74) is 2.41. The lowest BCUT2D eigenvalue weighted by atomic mass is 10.1. The molecule has 0 unspecified atom stereocenters. The molecule has 0 fully saturated rings. The highest BCUT2D eigenvalue weighted by atomic mass is 35.5. The van der Waals surface area contributed by atoms with Gasteiger partial charge in [0.05, 0.1) is 40.1 Å². The van der Waals surface area contributed by atoms with Crippen molar-refractivity contribution in [1.29, 1.82) is 0 Å². The Kier molecular flexibility index (Phi) is 5.99. The highest BCUT2D eigenvalue weighted by Crippen LogP contribution is 2.33. The van der Waals surface area contributed by atoms with Crippen molar-refractivity contribution in [2.24, 2.45) is 0 Å². The largest absolute Gasteiger partial charge is 0.333 e. The second-order valence-corrected chi connectivity index (χ2v) is 10.7. The molecule has 2 N–H and O–H groups in total. The third-order valence-corrected chi connectivity index (χ3v) is 8.11. The van der Waals surface area contributed by atoms with E-state index in [2.05, 4.69) is 30.0 Å². The molecule has 3 aromatic heterocycles. The van der Waals surface area contributed by atoms with Crippen LogP contribution in [0.15, 0.2) is 53.7 Å². The van der Waals surface area contributed by atoms with Gasteiger partial charge in [0.2, 0.25) is 5.13 Å². The Bertz CT molecular complexity index is 1650. The van der Waals surface area contributed by atoms with Crippen molar-refractivity contribution in [3.05, 3.63) is 65.1 Å². The summed E-state index contributed by atoms with van der Waals surface area (Å²) in [6.07, 6.45) is 2.58. The van der Waals surface area contributed by atoms with Gasteiger partial charge in [-0.05, 0) is 30.7 Å². The monoisotopic (exact) mass is 535 g/mol. The fraction of sp³-hybridized carbons (Fsp3) is 0.143. The summed E-state index contributed by atoms with van der Waals surface area (Å²) in [7, 11) is -3.90. The molecule has 0 radical (unpaired) electrons. The van der Waals surface area contributed by atoms with Gasteiger partial charge in [-0.3, -0.25) is 5.10 Å². The molecule has 0 aliphatic heterocycles. The van der Waals surface area contributed by atoms with E-state index in [9.17, 15) is 17.2 Å². The molecule has 0 spiro atoms. The van der Waals surface area contributed by atoms with E-state index in [1.807, 2.05) is 6.07 Å². The Balaban J connectivity index is 1.37. The molecule has 0 aliphatic rings. The maximum absolute atomic E-state index is 13.0. The molecule has 0 atom stereocenters. The topological polar surface area (TPSA) is 118 Å². The smallest absolute Gasteiger partial charge is 0.329 e. The molecule has 3 heterocycles. The van der Waals surface area contributed by atoms with Gasteiger partial charge < -0.3 is 5.32 Å². The molecule has 5 rings (SSSR count). The minimum atomic E-state index is -3.90. The number of alkyl halides is 2. The van der Waals surface area contributed by atoms with Crippen LogP contribution in [-0.4, -0.2) is 37.8 Å². The molecule has 2 aromatic carbocycles. The van der Waals surface area contributed by atoms with Crippen LogP contribution in [-0.2, 0) is 15.6 Å². The summed E-state index contributed by atoms with van der Waals surface area (Å²) in [6, 6.07) is 10.4. The second kappa shape index (κ2) is 8.98. The predicted molar refractivity (Wildman–Crippen MR) is 129 cm³/mol. The molecule has 0 saturated heterocycles. The van der Waals surface area contributed by atoms with Crippen LogP contribution in [0, 0.1) is 6.92 Å². The van der Waals surface area contributed by atoms with Gasteiger partial charge in [0, 0.05) is 22.5 Å². The minimum absolute atomic E-state index is 0.111. The first kappa shape index (κ1) is 23.3. The lowest BCUT2D eigenvalue weighted by Crippen LogP contribution is -2.08. The zero-order valence-corrected chi connectivity index (χ0v) is 20.3. The Morgan fingerprint density at radius 1 is 1.23 bits per heavy atom. The third-order valence-electron chi connectivity index (χ3n) is 5.29. The summed E-state index contributed by atoms with van der Waals surface area (Å²) in [5.74, 6) is 0.0191. The Labute approximate surface area is 206 Å². The van der Waals surface area contributed by atoms with Crippen molar-refractivity contribution in [2.75, 3.05) is 5.32 Å². The van der Waals surface area contributed by atoms with Crippen LogP contribution in [0.5, 0.6) is 0 Å². The summed E-state index contributed by atoms with van der Waals surface area (Å²) >= 11 is 7.57. The van der Waals surface area contributed by atoms with Gasteiger partial charge in [0.25, 0.3) is 0 Å². The Morgan fingerprint density at radius 3 is 2.83 bits per heavy atom. The van der Waals surface area contributed by atoms with Crippen molar-refractivity contribution in [2.45, 2.75) is 24.1 Å². The zero-order chi connectivity index (χ0) is 24.7. The number of aromatic amines is 1. The number of sulfone groups is 1. The van der Waals surface area contributed by atoms with Gasteiger partial charge in [0.1, 0.15) is 4.90 Å². The van der Waals surface area contributed by atoms with E-state index in [1.54, 1.807) is 36.5 Å². The number of halogens is 3. The Morgan fingerprint density at radius 2 is 2.06 bits per heavy atom. The third kappa shape index (κ3) is 4.49. The van der Waals surface area contributed by atoms with Crippen molar-refractivity contribution >= 4 is 54.7 Å². The average molecular weight is 536 g/mol. The predicted octanol–water partition coefficient (Wildman–Crippen LogP) is 5.35. The quantitative estimate of drug-likeness (QED) is 0.288. The first-order valence-electron chi connectivity index (χ1n) is 10.1. The van der Waals surface area contributed by atoms with E-state index < -0.39 is 16.4 Å². The van der Waals surface area contributed by atoms with E-state index in [0.717, 1.165) is 28.6 Å². The highest BCUT2D eigenvalue weighted by molar-refractivity contribution is 7.90. The number of H-pyrrole nitrogens is 1. The number of anilines is 2. The maximum atomic E-state index is 13.0. The van der Waals surface area contributed by atoms with Crippen LogP contribution in [0.25, 0.3) is 22.3 Å². The van der Waals surface area contributed by atoms with E-state index in [4.69, 9.17) is 11.6 Å². The Hall–Kier alpha value is -3.42. The minimum Gasteiger partial charge on any atom is -0.329 e. The van der Waals surface area contributed by atoms with Gasteiger partial charge in [-0.25, -0.2) is 13.1 Å². The van der Waals surface area contributed by atoms with Crippen molar-refractivity contribution < 1.29 is 17.2 Å². The fourth-order valence-corrected chi connectivity index (χ4v) is 5.98. The standard InChI is InChI=1S/C21H16ClF2N7O2S2/c1-11-17(9-26-31(11)20(23)24)35(32,33)10-12-3-2-4-13(7-12)19-28-21(34-30-19)27-16-6-5-15-14(18(16)22)8-25-29-15/h2-9,20H,10H2,1H3,(H,25,29)(H,27,28,30). The molecule has 180 valence electrons. The second-order valence-electron chi connectivity index (χ2n) is 7.58. The van der Waals surface area contributed by atoms with Crippen LogP contribution < -0.4 is 5.32 Å². The molecule has 35 heavy (non-hydrogen) atoms. The van der Waals surface area contributed by atoms with Crippen molar-refractivity contribution in [1.82, 2.24) is 29.3 Å². The summed E-state index contributed by atoms with van der Waals surface area (Å²) in [6.45, 7) is -1.62. The summed E-state index contributed by atoms with van der Waals surface area (Å²) in [5, 5.41) is 15.2.